The van der Waals surface area contributed by atoms with Crippen LogP contribution in [-0.4, -0.2) is 93.9 Å². The van der Waals surface area contributed by atoms with E-state index in [1.54, 1.807) is 12.2 Å². The van der Waals surface area contributed by atoms with E-state index in [1.807, 2.05) is 0 Å². The lowest BCUT2D eigenvalue weighted by Gasteiger charge is -2.20. The average molecular weight is 849 g/mol. The maximum Gasteiger partial charge on any atom is 0.472 e. The Kier molecular flexibility index (Phi) is 31.8. The molecule has 0 aromatic heterocycles. The minimum atomic E-state index is -4.67. The standard InChI is InChI=1S/C44H81O13P/c1-4-5-18-24-36(46)28-29-40-39(41(48)30-42(40)49)25-20-16-17-21-26-43(50)54-33-38(34-56-58(52,53)55-32-37(47)31-45)57-44(51)27-22-15-13-11-9-7-6-8-10-12-14-19-23-35(2)3/h28-29,35-41,45-48H,4-27,30-34H2,1-3H3,(H,52,53)/b29-28+/t36-,37-,38+,39+,40+,41-/m0/s1. The van der Waals surface area contributed by atoms with E-state index >= 15 is 0 Å². The molecule has 58 heavy (non-hydrogen) atoms. The second-order valence-corrected chi connectivity index (χ2v) is 18.1. The highest BCUT2D eigenvalue weighted by Crippen LogP contribution is 2.43. The van der Waals surface area contributed by atoms with Gasteiger partial charge in [0, 0.05) is 25.2 Å². The van der Waals surface area contributed by atoms with E-state index < -0.39 is 76.5 Å². The van der Waals surface area contributed by atoms with Crippen LogP contribution in [0.25, 0.3) is 0 Å². The number of carbonyl (C=O) groups excluding carboxylic acids is 3. The van der Waals surface area contributed by atoms with Gasteiger partial charge in [-0.2, -0.15) is 0 Å². The maximum absolute atomic E-state index is 12.7. The van der Waals surface area contributed by atoms with Gasteiger partial charge in [0.2, 0.25) is 0 Å². The van der Waals surface area contributed by atoms with Crippen molar-refractivity contribution in [2.75, 3.05) is 26.4 Å². The fourth-order valence-electron chi connectivity index (χ4n) is 7.20. The van der Waals surface area contributed by atoms with Crippen LogP contribution in [0.2, 0.25) is 0 Å². The Balaban J connectivity index is 2.42. The number of rotatable bonds is 38. The molecule has 1 rings (SSSR count). The molecule has 1 aliphatic carbocycles. The Bertz CT molecular complexity index is 1150. The fourth-order valence-corrected chi connectivity index (χ4v) is 7.99. The lowest BCUT2D eigenvalue weighted by atomic mass is 9.88. The van der Waals surface area contributed by atoms with Crippen LogP contribution in [0.4, 0.5) is 0 Å². The molecule has 0 aromatic carbocycles. The number of Topliss-reactive ketones (excluding diaryl/α,β-unsaturated/α-hetero) is 1. The number of aliphatic hydroxyl groups excluding tert-OH is 4. The second-order valence-electron chi connectivity index (χ2n) is 16.7. The van der Waals surface area contributed by atoms with E-state index in [4.69, 9.17) is 19.1 Å². The normalized spacial score (nSPS) is 19.7. The largest absolute Gasteiger partial charge is 0.472 e. The fraction of sp³-hybridized carbons (Fsp3) is 0.886. The Morgan fingerprint density at radius 2 is 1.29 bits per heavy atom. The highest BCUT2D eigenvalue weighted by molar-refractivity contribution is 7.47. The highest BCUT2D eigenvalue weighted by atomic mass is 31.2. The highest BCUT2D eigenvalue weighted by Gasteiger charge is 2.39. The first-order chi connectivity index (χ1) is 27.8. The number of hydrogen-bond donors (Lipinski definition) is 5. The molecule has 0 amide bonds. The van der Waals surface area contributed by atoms with Gasteiger partial charge in [0.25, 0.3) is 0 Å². The van der Waals surface area contributed by atoms with E-state index in [0.717, 1.165) is 57.3 Å². The number of phosphoric acid groups is 1. The molecule has 0 heterocycles. The molecule has 0 saturated heterocycles. The van der Waals surface area contributed by atoms with Crippen LogP contribution in [0.5, 0.6) is 0 Å². The van der Waals surface area contributed by atoms with Crippen molar-refractivity contribution in [3.63, 3.8) is 0 Å². The van der Waals surface area contributed by atoms with Crippen LogP contribution >= 0.6 is 7.82 Å². The monoisotopic (exact) mass is 849 g/mol. The van der Waals surface area contributed by atoms with Crippen LogP contribution < -0.4 is 0 Å². The summed E-state index contributed by atoms with van der Waals surface area (Å²) in [4.78, 5) is 47.7. The van der Waals surface area contributed by atoms with Crippen molar-refractivity contribution in [3.05, 3.63) is 12.2 Å². The van der Waals surface area contributed by atoms with E-state index in [-0.39, 0.29) is 31.0 Å². The predicted molar refractivity (Wildman–Crippen MR) is 225 cm³/mol. The zero-order chi connectivity index (χ0) is 43.0. The summed E-state index contributed by atoms with van der Waals surface area (Å²) in [5, 5.41) is 39.1. The van der Waals surface area contributed by atoms with Gasteiger partial charge in [-0.15, -0.1) is 0 Å². The molecule has 1 saturated carbocycles. The number of aliphatic hydroxyl groups is 4. The van der Waals surface area contributed by atoms with E-state index in [9.17, 15) is 39.2 Å². The van der Waals surface area contributed by atoms with Gasteiger partial charge in [-0.25, -0.2) is 4.57 Å². The van der Waals surface area contributed by atoms with Crippen molar-refractivity contribution in [2.24, 2.45) is 17.8 Å². The number of unbranched alkanes of at least 4 members (excludes halogenated alkanes) is 16. The Hall–Kier alpha value is -1.70. The zero-order valence-electron chi connectivity index (χ0n) is 36.2. The topological polar surface area (TPSA) is 206 Å². The van der Waals surface area contributed by atoms with Crippen LogP contribution in [0, 0.1) is 17.8 Å². The van der Waals surface area contributed by atoms with Crippen molar-refractivity contribution in [2.45, 2.75) is 206 Å². The van der Waals surface area contributed by atoms with Crippen molar-refractivity contribution >= 4 is 25.5 Å². The number of ketones is 1. The third kappa shape index (κ3) is 28.7. The molecule has 1 unspecified atom stereocenters. The van der Waals surface area contributed by atoms with Crippen molar-refractivity contribution in [1.82, 2.24) is 0 Å². The molecule has 5 N–H and O–H groups in total. The molecule has 0 aliphatic heterocycles. The minimum absolute atomic E-state index is 0.00824. The third-order valence-corrected chi connectivity index (χ3v) is 11.7. The van der Waals surface area contributed by atoms with Gasteiger partial charge in [0.1, 0.15) is 18.5 Å². The molecule has 340 valence electrons. The van der Waals surface area contributed by atoms with Gasteiger partial charge in [0.15, 0.2) is 6.10 Å². The molecule has 13 nitrogen and oxygen atoms in total. The summed E-state index contributed by atoms with van der Waals surface area (Å²) in [5.41, 5.74) is 0. The predicted octanol–water partition coefficient (Wildman–Crippen LogP) is 8.45. The second kappa shape index (κ2) is 34.0. The van der Waals surface area contributed by atoms with Crippen LogP contribution in [0.1, 0.15) is 181 Å². The molecule has 0 aromatic rings. The summed E-state index contributed by atoms with van der Waals surface area (Å²) < 4.78 is 32.7. The van der Waals surface area contributed by atoms with Gasteiger partial charge in [-0.1, -0.05) is 148 Å². The third-order valence-electron chi connectivity index (χ3n) is 10.8. The summed E-state index contributed by atoms with van der Waals surface area (Å²) >= 11 is 0. The van der Waals surface area contributed by atoms with Crippen LogP contribution in [0.3, 0.4) is 0 Å². The Morgan fingerprint density at radius 3 is 1.88 bits per heavy atom. The van der Waals surface area contributed by atoms with E-state index in [0.29, 0.717) is 32.1 Å². The van der Waals surface area contributed by atoms with Crippen molar-refractivity contribution in [1.29, 1.82) is 0 Å². The molecule has 0 spiro atoms. The lowest BCUT2D eigenvalue weighted by molar-refractivity contribution is -0.161. The number of esters is 2. The van der Waals surface area contributed by atoms with Gasteiger partial charge in [-0.3, -0.25) is 23.4 Å². The van der Waals surface area contributed by atoms with Gasteiger partial charge in [-0.05, 0) is 37.5 Å². The van der Waals surface area contributed by atoms with E-state index in [2.05, 4.69) is 25.3 Å². The molecule has 14 heteroatoms. The maximum atomic E-state index is 12.7. The smallest absolute Gasteiger partial charge is 0.462 e. The first kappa shape index (κ1) is 54.3. The van der Waals surface area contributed by atoms with Gasteiger partial charge < -0.3 is 34.8 Å². The molecule has 1 aliphatic rings. The van der Waals surface area contributed by atoms with E-state index in [1.165, 1.54) is 57.8 Å². The summed E-state index contributed by atoms with van der Waals surface area (Å²) in [5.74, 6) is -0.894. The minimum Gasteiger partial charge on any atom is -0.462 e. The van der Waals surface area contributed by atoms with Crippen molar-refractivity contribution < 1.29 is 62.8 Å². The summed E-state index contributed by atoms with van der Waals surface area (Å²) in [6.45, 7) is 4.34. The SMILES string of the molecule is CCCCC[C@H](O)/C=C/[C@H]1C(=O)C[C@H](O)[C@@H]1CCCCCCC(=O)OC[C@H](COP(=O)(O)OC[C@@H](O)CO)OC(=O)CCCCCCCCCCCCCCC(C)C. The number of ether oxygens (including phenoxy) is 2. The molecular formula is C44H81O13P. The lowest BCUT2D eigenvalue weighted by Crippen LogP contribution is -2.29. The first-order valence-electron chi connectivity index (χ1n) is 22.6. The summed E-state index contributed by atoms with van der Waals surface area (Å²) in [7, 11) is -4.67. The zero-order valence-corrected chi connectivity index (χ0v) is 37.0. The number of allylic oxidation sites excluding steroid dienone is 1. The summed E-state index contributed by atoms with van der Waals surface area (Å²) in [6, 6.07) is 0. The number of phosphoric ester groups is 1. The quantitative estimate of drug-likeness (QED) is 0.0171. The number of carbonyl (C=O) groups is 3. The molecular weight excluding hydrogens is 767 g/mol. The molecule has 7 atom stereocenters. The van der Waals surface area contributed by atoms with Crippen molar-refractivity contribution in [3.8, 4) is 0 Å². The Morgan fingerprint density at radius 1 is 0.759 bits per heavy atom. The first-order valence-corrected chi connectivity index (χ1v) is 24.1. The van der Waals surface area contributed by atoms with Crippen LogP contribution in [-0.2, 0) is 37.5 Å². The summed E-state index contributed by atoms with van der Waals surface area (Å²) in [6.07, 6.45) is 22.3. The molecule has 1 fully saturated rings. The van der Waals surface area contributed by atoms with Gasteiger partial charge in [0.05, 0.1) is 32.0 Å². The molecule has 0 radical (unpaired) electrons. The Labute approximate surface area is 349 Å². The molecule has 0 bridgehead atoms. The average Bonchev–Trinajstić information content (AvgIpc) is 3.45. The number of hydrogen-bond acceptors (Lipinski definition) is 12. The van der Waals surface area contributed by atoms with Gasteiger partial charge >= 0.3 is 19.8 Å². The van der Waals surface area contributed by atoms with Crippen LogP contribution in [0.15, 0.2) is 12.2 Å².